The molecule has 0 bridgehead atoms. The van der Waals surface area contributed by atoms with Crippen molar-refractivity contribution in [3.8, 4) is 11.5 Å². The largest absolute Gasteiger partial charge is 0.486 e. The van der Waals surface area contributed by atoms with Crippen LogP contribution in [0.25, 0.3) is 0 Å². The van der Waals surface area contributed by atoms with Crippen LogP contribution < -0.4 is 9.47 Å². The number of ether oxygens (including phenoxy) is 2. The summed E-state index contributed by atoms with van der Waals surface area (Å²) in [6.07, 6.45) is 2.56. The Morgan fingerprint density at radius 1 is 1.23 bits per heavy atom. The molecule has 1 aromatic rings. The maximum Gasteiger partial charge on any atom is 0.305 e. The number of hydrogen-bond acceptors (Lipinski definition) is 4. The Bertz CT molecular complexity index is 586. The molecule has 3 rings (SSSR count). The van der Waals surface area contributed by atoms with E-state index in [2.05, 4.69) is 0 Å². The number of fused-ring (bicyclic) bond motifs is 1. The average Bonchev–Trinajstić information content (AvgIpc) is 2.54. The first-order valence-electron chi connectivity index (χ1n) is 7.58. The molecule has 1 fully saturated rings. The van der Waals surface area contributed by atoms with Crippen LogP contribution >= 0.6 is 0 Å². The number of para-hydroxylation sites is 1. The summed E-state index contributed by atoms with van der Waals surface area (Å²) in [6.45, 7) is 1.47. The number of likely N-dealkylation sites (tertiary alicyclic amines) is 1. The Kier molecular flexibility index (Phi) is 4.18. The van der Waals surface area contributed by atoms with Crippen LogP contribution in [0, 0.1) is 0 Å². The minimum Gasteiger partial charge on any atom is -0.486 e. The van der Waals surface area contributed by atoms with Crippen LogP contribution in [0.2, 0.25) is 0 Å². The smallest absolute Gasteiger partial charge is 0.305 e. The molecule has 6 heteroatoms. The van der Waals surface area contributed by atoms with E-state index in [1.54, 1.807) is 23.1 Å². The summed E-state index contributed by atoms with van der Waals surface area (Å²) in [5.74, 6) is -0.00466. The number of aliphatic carboxylic acids is 1. The van der Waals surface area contributed by atoms with Crippen molar-refractivity contribution in [1.82, 2.24) is 4.90 Å². The number of carboxylic acids is 1. The van der Waals surface area contributed by atoms with Gasteiger partial charge in [0.2, 0.25) is 0 Å². The molecule has 2 aliphatic rings. The molecule has 0 spiro atoms. The zero-order chi connectivity index (χ0) is 15.5. The number of nitrogens with zero attached hydrogens (tertiary/aromatic N) is 1. The molecule has 22 heavy (non-hydrogen) atoms. The van der Waals surface area contributed by atoms with E-state index in [4.69, 9.17) is 14.6 Å². The fourth-order valence-electron chi connectivity index (χ4n) is 3.08. The van der Waals surface area contributed by atoms with Crippen LogP contribution in [-0.2, 0) is 4.79 Å². The summed E-state index contributed by atoms with van der Waals surface area (Å²) < 4.78 is 11.1. The average molecular weight is 305 g/mol. The normalized spacial score (nSPS) is 20.5. The van der Waals surface area contributed by atoms with E-state index in [0.29, 0.717) is 36.8 Å². The molecule has 1 atom stereocenters. The van der Waals surface area contributed by atoms with Gasteiger partial charge in [0.25, 0.3) is 5.91 Å². The summed E-state index contributed by atoms with van der Waals surface area (Å²) in [5, 5.41) is 9.05. The van der Waals surface area contributed by atoms with E-state index in [9.17, 15) is 9.59 Å². The molecular weight excluding hydrogens is 286 g/mol. The lowest BCUT2D eigenvalue weighted by molar-refractivity contribution is -0.138. The fourth-order valence-corrected chi connectivity index (χ4v) is 3.08. The highest BCUT2D eigenvalue weighted by Gasteiger charge is 2.31. The third-order valence-electron chi connectivity index (χ3n) is 4.09. The van der Waals surface area contributed by atoms with Gasteiger partial charge in [0.05, 0.1) is 12.0 Å². The number of carbonyl (C=O) groups is 2. The molecule has 0 aliphatic carbocycles. The van der Waals surface area contributed by atoms with Gasteiger partial charge in [-0.25, -0.2) is 0 Å². The molecule has 2 heterocycles. The fraction of sp³-hybridized carbons (Fsp3) is 0.500. The van der Waals surface area contributed by atoms with Gasteiger partial charge in [0.15, 0.2) is 11.5 Å². The number of rotatable bonds is 3. The number of piperidine rings is 1. The SMILES string of the molecule is O=C(O)CC1CCCCN1C(=O)c1cccc2c1OCCO2. The molecule has 0 radical (unpaired) electrons. The third kappa shape index (κ3) is 2.86. The Morgan fingerprint density at radius 3 is 2.86 bits per heavy atom. The lowest BCUT2D eigenvalue weighted by Crippen LogP contribution is -2.45. The van der Waals surface area contributed by atoms with Gasteiger partial charge in [-0.05, 0) is 31.4 Å². The number of carbonyl (C=O) groups excluding carboxylic acids is 1. The van der Waals surface area contributed by atoms with Crippen LogP contribution in [0.4, 0.5) is 0 Å². The van der Waals surface area contributed by atoms with Crippen molar-refractivity contribution in [3.63, 3.8) is 0 Å². The summed E-state index contributed by atoms with van der Waals surface area (Å²) >= 11 is 0. The van der Waals surface area contributed by atoms with E-state index in [1.165, 1.54) is 0 Å². The van der Waals surface area contributed by atoms with Crippen molar-refractivity contribution in [2.75, 3.05) is 19.8 Å². The zero-order valence-electron chi connectivity index (χ0n) is 12.3. The zero-order valence-corrected chi connectivity index (χ0v) is 12.3. The molecule has 1 N–H and O–H groups in total. The molecule has 6 nitrogen and oxygen atoms in total. The van der Waals surface area contributed by atoms with Crippen LogP contribution in [0.15, 0.2) is 18.2 Å². The second kappa shape index (κ2) is 6.25. The van der Waals surface area contributed by atoms with Crippen molar-refractivity contribution < 1.29 is 24.2 Å². The monoisotopic (exact) mass is 305 g/mol. The first kappa shape index (κ1) is 14.7. The van der Waals surface area contributed by atoms with Gasteiger partial charge >= 0.3 is 5.97 Å². The summed E-state index contributed by atoms with van der Waals surface area (Å²) in [4.78, 5) is 25.6. The van der Waals surface area contributed by atoms with Crippen LogP contribution in [0.3, 0.4) is 0 Å². The highest BCUT2D eigenvalue weighted by atomic mass is 16.6. The third-order valence-corrected chi connectivity index (χ3v) is 4.09. The van der Waals surface area contributed by atoms with E-state index in [1.807, 2.05) is 0 Å². The van der Waals surface area contributed by atoms with Crippen LogP contribution in [0.5, 0.6) is 11.5 Å². The van der Waals surface area contributed by atoms with Gasteiger partial charge in [-0.1, -0.05) is 6.07 Å². The second-order valence-electron chi connectivity index (χ2n) is 5.58. The predicted octanol–water partition coefficient (Wildman–Crippen LogP) is 1.93. The summed E-state index contributed by atoms with van der Waals surface area (Å²) in [7, 11) is 0. The molecule has 2 aliphatic heterocycles. The number of amides is 1. The van der Waals surface area contributed by atoms with Gasteiger partial charge in [-0.3, -0.25) is 9.59 Å². The van der Waals surface area contributed by atoms with Crippen molar-refractivity contribution in [1.29, 1.82) is 0 Å². The topological polar surface area (TPSA) is 76.1 Å². The Morgan fingerprint density at radius 2 is 2.05 bits per heavy atom. The van der Waals surface area contributed by atoms with E-state index < -0.39 is 5.97 Å². The molecule has 0 aromatic heterocycles. The first-order chi connectivity index (χ1) is 10.7. The second-order valence-corrected chi connectivity index (χ2v) is 5.58. The highest BCUT2D eigenvalue weighted by Crippen LogP contribution is 2.35. The maximum atomic E-state index is 12.9. The number of hydrogen-bond donors (Lipinski definition) is 1. The maximum absolute atomic E-state index is 12.9. The van der Waals surface area contributed by atoms with Crippen LogP contribution in [0.1, 0.15) is 36.0 Å². The molecule has 1 saturated heterocycles. The predicted molar refractivity (Wildman–Crippen MR) is 78.4 cm³/mol. The molecule has 0 saturated carbocycles. The number of carboxylic acid groups (broad SMARTS) is 1. The lowest BCUT2D eigenvalue weighted by atomic mass is 9.98. The van der Waals surface area contributed by atoms with Crippen molar-refractivity contribution in [3.05, 3.63) is 23.8 Å². The van der Waals surface area contributed by atoms with Gasteiger partial charge in [0, 0.05) is 12.6 Å². The van der Waals surface area contributed by atoms with Crippen molar-refractivity contribution in [2.45, 2.75) is 31.7 Å². The Balaban J connectivity index is 1.87. The quantitative estimate of drug-likeness (QED) is 0.923. The van der Waals surface area contributed by atoms with E-state index in [0.717, 1.165) is 19.3 Å². The van der Waals surface area contributed by atoms with E-state index in [-0.39, 0.29) is 18.4 Å². The minimum atomic E-state index is -0.876. The molecule has 1 aromatic carbocycles. The molecular formula is C16H19NO5. The van der Waals surface area contributed by atoms with Crippen LogP contribution in [-0.4, -0.2) is 47.7 Å². The lowest BCUT2D eigenvalue weighted by Gasteiger charge is -2.35. The Hall–Kier alpha value is -2.24. The van der Waals surface area contributed by atoms with Crippen molar-refractivity contribution >= 4 is 11.9 Å². The van der Waals surface area contributed by atoms with Gasteiger partial charge < -0.3 is 19.5 Å². The van der Waals surface area contributed by atoms with E-state index >= 15 is 0 Å². The minimum absolute atomic E-state index is 0.0158. The molecule has 1 unspecified atom stereocenters. The first-order valence-corrected chi connectivity index (χ1v) is 7.58. The molecule has 1 amide bonds. The number of benzene rings is 1. The van der Waals surface area contributed by atoms with Gasteiger partial charge in [-0.15, -0.1) is 0 Å². The highest BCUT2D eigenvalue weighted by molar-refractivity contribution is 5.98. The van der Waals surface area contributed by atoms with Gasteiger partial charge in [0.1, 0.15) is 13.2 Å². The summed E-state index contributed by atoms with van der Waals surface area (Å²) in [5.41, 5.74) is 0.453. The standard InChI is InChI=1S/C16H19NO5/c18-14(19)10-11-4-1-2-7-17(11)16(20)12-5-3-6-13-15(12)22-9-8-21-13/h3,5-6,11H,1-2,4,7-10H2,(H,18,19). The van der Waals surface area contributed by atoms with Gasteiger partial charge in [-0.2, -0.15) is 0 Å². The molecule has 118 valence electrons. The summed E-state index contributed by atoms with van der Waals surface area (Å²) in [6, 6.07) is 4.99. The Labute approximate surface area is 128 Å². The van der Waals surface area contributed by atoms with Crippen molar-refractivity contribution in [2.24, 2.45) is 0 Å².